The van der Waals surface area contributed by atoms with E-state index in [1.807, 2.05) is 6.92 Å². The number of hydrogen-bond acceptors (Lipinski definition) is 6. The Hall–Kier alpha value is -2.13. The Morgan fingerprint density at radius 3 is 2.67 bits per heavy atom. The molecule has 9 heteroatoms. The van der Waals surface area contributed by atoms with Gasteiger partial charge in [-0.3, -0.25) is 9.52 Å². The number of nitrogens with one attached hydrogen (secondary N) is 1. The summed E-state index contributed by atoms with van der Waals surface area (Å²) < 4.78 is 33.0. The van der Waals surface area contributed by atoms with Gasteiger partial charge in [0.25, 0.3) is 10.0 Å². The highest BCUT2D eigenvalue weighted by Crippen LogP contribution is 2.31. The Balaban J connectivity index is 2.43. The van der Waals surface area contributed by atoms with Crippen LogP contribution in [0.25, 0.3) is 0 Å². The van der Waals surface area contributed by atoms with Gasteiger partial charge in [-0.1, -0.05) is 13.0 Å². The Morgan fingerprint density at radius 1 is 1.42 bits per heavy atom. The first kappa shape index (κ1) is 18.2. The van der Waals surface area contributed by atoms with Gasteiger partial charge in [0.1, 0.15) is 15.6 Å². The molecule has 0 unspecified atom stereocenters. The first-order valence-corrected chi connectivity index (χ1v) is 9.44. The van der Waals surface area contributed by atoms with E-state index in [-0.39, 0.29) is 17.1 Å². The van der Waals surface area contributed by atoms with Crippen molar-refractivity contribution in [2.24, 2.45) is 0 Å². The largest absolute Gasteiger partial charge is 0.495 e. The van der Waals surface area contributed by atoms with Crippen LogP contribution in [0.5, 0.6) is 5.75 Å². The average Bonchev–Trinajstić information content (AvgIpc) is 2.86. The molecule has 1 aromatic heterocycles. The number of carboxylic acids is 1. The van der Waals surface area contributed by atoms with E-state index in [1.54, 1.807) is 6.92 Å². The van der Waals surface area contributed by atoms with Gasteiger partial charge in [-0.05, 0) is 31.0 Å². The van der Waals surface area contributed by atoms with Gasteiger partial charge in [-0.15, -0.1) is 11.3 Å². The molecule has 0 aliphatic heterocycles. The quantitative estimate of drug-likeness (QED) is 0.775. The topological polar surface area (TPSA) is 106 Å². The van der Waals surface area contributed by atoms with Gasteiger partial charge >= 0.3 is 5.97 Å². The fourth-order valence-electron chi connectivity index (χ4n) is 2.09. The number of sulfonamides is 1. The van der Waals surface area contributed by atoms with E-state index < -0.39 is 16.0 Å². The number of aryl methyl sites for hydroxylation is 2. The molecule has 1 aromatic carbocycles. The zero-order chi connectivity index (χ0) is 17.9. The molecule has 0 aliphatic rings. The molecule has 2 aromatic rings. The zero-order valence-corrected chi connectivity index (χ0v) is 15.1. The predicted octanol–water partition coefficient (Wildman–Crippen LogP) is 2.45. The molecule has 2 rings (SSSR count). The van der Waals surface area contributed by atoms with Crippen LogP contribution in [0.4, 0.5) is 5.00 Å². The number of methoxy groups -OCH3 is 1. The lowest BCUT2D eigenvalue weighted by molar-refractivity contribution is -0.136. The highest BCUT2D eigenvalue weighted by Gasteiger charge is 2.23. The van der Waals surface area contributed by atoms with Gasteiger partial charge in [-0.25, -0.2) is 13.4 Å². The number of nitrogens with zero attached hydrogens (tertiary/aromatic N) is 1. The number of carbonyl (C=O) groups is 1. The van der Waals surface area contributed by atoms with Crippen LogP contribution in [-0.2, 0) is 27.7 Å². The molecule has 0 bridgehead atoms. The van der Waals surface area contributed by atoms with Crippen LogP contribution < -0.4 is 9.46 Å². The van der Waals surface area contributed by atoms with Crippen LogP contribution in [0.3, 0.4) is 0 Å². The number of carboxylic acid groups (broad SMARTS) is 1. The van der Waals surface area contributed by atoms with Crippen molar-refractivity contribution in [1.29, 1.82) is 0 Å². The van der Waals surface area contributed by atoms with E-state index in [9.17, 15) is 13.2 Å². The Kier molecular flexibility index (Phi) is 5.45. The monoisotopic (exact) mass is 370 g/mol. The van der Waals surface area contributed by atoms with Crippen LogP contribution in [0.15, 0.2) is 23.1 Å². The number of hydrogen-bond donors (Lipinski definition) is 2. The van der Waals surface area contributed by atoms with E-state index in [1.165, 1.54) is 36.6 Å². The van der Waals surface area contributed by atoms with Crippen molar-refractivity contribution < 1.29 is 23.1 Å². The highest BCUT2D eigenvalue weighted by molar-refractivity contribution is 7.93. The van der Waals surface area contributed by atoms with Crippen molar-refractivity contribution in [2.45, 2.75) is 31.6 Å². The molecule has 0 spiro atoms. The van der Waals surface area contributed by atoms with E-state index >= 15 is 0 Å². The summed E-state index contributed by atoms with van der Waals surface area (Å²) in [6, 6.07) is 4.29. The third-order valence-electron chi connectivity index (χ3n) is 3.24. The normalized spacial score (nSPS) is 11.3. The maximum absolute atomic E-state index is 12.7. The summed E-state index contributed by atoms with van der Waals surface area (Å²) >= 11 is 1.27. The molecule has 2 N–H and O–H groups in total. The third-order valence-corrected chi connectivity index (χ3v) is 5.96. The molecule has 0 aliphatic carbocycles. The summed E-state index contributed by atoms with van der Waals surface area (Å²) in [6.45, 7) is 3.67. The van der Waals surface area contributed by atoms with E-state index in [0.717, 1.165) is 5.01 Å². The molecule has 0 fully saturated rings. The van der Waals surface area contributed by atoms with Gasteiger partial charge in [0, 0.05) is 0 Å². The number of aliphatic carboxylic acids is 1. The molecule has 0 saturated heterocycles. The second-order valence-electron chi connectivity index (χ2n) is 5.04. The van der Waals surface area contributed by atoms with Gasteiger partial charge in [0.2, 0.25) is 0 Å². The minimum Gasteiger partial charge on any atom is -0.495 e. The number of anilines is 1. The van der Waals surface area contributed by atoms with E-state index in [4.69, 9.17) is 9.84 Å². The first-order valence-electron chi connectivity index (χ1n) is 7.14. The summed E-state index contributed by atoms with van der Waals surface area (Å²) in [4.78, 5) is 15.0. The number of ether oxygens (including phenoxy) is 1. The molecule has 0 radical (unpaired) electrons. The van der Waals surface area contributed by atoms with E-state index in [2.05, 4.69) is 9.71 Å². The van der Waals surface area contributed by atoms with Crippen LogP contribution in [0, 0.1) is 6.92 Å². The first-order chi connectivity index (χ1) is 11.3. The predicted molar refractivity (Wildman–Crippen MR) is 91.4 cm³/mol. The second-order valence-corrected chi connectivity index (χ2v) is 7.77. The highest BCUT2D eigenvalue weighted by atomic mass is 32.2. The van der Waals surface area contributed by atoms with Gasteiger partial charge in [-0.2, -0.15) is 0 Å². The molecule has 0 saturated carbocycles. The summed E-state index contributed by atoms with van der Waals surface area (Å²) in [7, 11) is -2.57. The second kappa shape index (κ2) is 7.18. The van der Waals surface area contributed by atoms with Crippen molar-refractivity contribution in [3.63, 3.8) is 0 Å². The standard InChI is InChI=1S/C15H18N2O5S2/c1-4-13-16-9(2)15(23-13)17-24(20,21)12-7-10(8-14(18)19)5-6-11(12)22-3/h5-7,17H,4,8H2,1-3H3,(H,18,19). The van der Waals surface area contributed by atoms with Crippen LogP contribution in [-0.4, -0.2) is 31.6 Å². The minimum absolute atomic E-state index is 0.102. The van der Waals surface area contributed by atoms with Crippen molar-refractivity contribution in [1.82, 2.24) is 4.98 Å². The average molecular weight is 370 g/mol. The van der Waals surface area contributed by atoms with Crippen molar-refractivity contribution >= 4 is 32.3 Å². The lowest BCUT2D eigenvalue weighted by atomic mass is 10.1. The van der Waals surface area contributed by atoms with Crippen LogP contribution >= 0.6 is 11.3 Å². The molecule has 1 heterocycles. The molecule has 24 heavy (non-hydrogen) atoms. The van der Waals surface area contributed by atoms with Gasteiger partial charge in [0.15, 0.2) is 0 Å². The van der Waals surface area contributed by atoms with Gasteiger partial charge in [0.05, 0.1) is 24.2 Å². The minimum atomic E-state index is -3.93. The van der Waals surface area contributed by atoms with Crippen LogP contribution in [0.1, 0.15) is 23.2 Å². The van der Waals surface area contributed by atoms with Crippen molar-refractivity contribution in [2.75, 3.05) is 11.8 Å². The maximum atomic E-state index is 12.7. The summed E-state index contributed by atoms with van der Waals surface area (Å²) in [5.74, 6) is -0.892. The summed E-state index contributed by atoms with van der Waals surface area (Å²) in [5, 5.41) is 10.2. The number of thiazole rings is 1. The van der Waals surface area contributed by atoms with Crippen LogP contribution in [0.2, 0.25) is 0 Å². The summed E-state index contributed by atoms with van der Waals surface area (Å²) in [5.41, 5.74) is 0.972. The lowest BCUT2D eigenvalue weighted by Crippen LogP contribution is -2.14. The fourth-order valence-corrected chi connectivity index (χ4v) is 4.57. The number of aromatic nitrogens is 1. The molecule has 130 valence electrons. The van der Waals surface area contributed by atoms with Crippen molar-refractivity contribution in [3.8, 4) is 5.75 Å². The fraction of sp³-hybridized carbons (Fsp3) is 0.333. The maximum Gasteiger partial charge on any atom is 0.307 e. The molecular formula is C15H18N2O5S2. The Bertz CT molecular complexity index is 859. The molecule has 0 atom stereocenters. The molecular weight excluding hydrogens is 352 g/mol. The molecule has 7 nitrogen and oxygen atoms in total. The Labute approximate surface area is 144 Å². The van der Waals surface area contributed by atoms with E-state index in [0.29, 0.717) is 22.7 Å². The zero-order valence-electron chi connectivity index (χ0n) is 13.5. The summed E-state index contributed by atoms with van der Waals surface area (Å²) in [6.07, 6.45) is 0.441. The lowest BCUT2D eigenvalue weighted by Gasteiger charge is -2.12. The smallest absolute Gasteiger partial charge is 0.307 e. The molecule has 0 amide bonds. The number of rotatable bonds is 7. The Morgan fingerprint density at radius 2 is 2.12 bits per heavy atom. The third kappa shape index (κ3) is 4.04. The number of benzene rings is 1. The van der Waals surface area contributed by atoms with Crippen molar-refractivity contribution in [3.05, 3.63) is 34.5 Å². The van der Waals surface area contributed by atoms with Gasteiger partial charge < -0.3 is 9.84 Å². The SMILES string of the molecule is CCc1nc(C)c(NS(=O)(=O)c2cc(CC(=O)O)ccc2OC)s1.